The monoisotopic (exact) mass is 291 g/mol. The second-order valence-corrected chi connectivity index (χ2v) is 4.38. The van der Waals surface area contributed by atoms with Crippen LogP contribution < -0.4 is 15.8 Å². The van der Waals surface area contributed by atoms with Crippen molar-refractivity contribution in [2.24, 2.45) is 0 Å². The number of nitrogens with one attached hydrogen (secondary N) is 1. The van der Waals surface area contributed by atoms with E-state index in [-0.39, 0.29) is 16.6 Å². The molecule has 1 aromatic carbocycles. The van der Waals surface area contributed by atoms with E-state index in [0.717, 1.165) is 5.75 Å². The highest BCUT2D eigenvalue weighted by atomic mass is 35.5. The molecule has 0 saturated heterocycles. The highest BCUT2D eigenvalue weighted by Gasteiger charge is 2.12. The second-order valence-electron chi connectivity index (χ2n) is 4.02. The van der Waals surface area contributed by atoms with Gasteiger partial charge in [-0.3, -0.25) is 4.79 Å². The zero-order valence-corrected chi connectivity index (χ0v) is 11.6. The molecule has 2 aromatic rings. The Bertz CT molecular complexity index is 614. The van der Waals surface area contributed by atoms with Gasteiger partial charge in [0.2, 0.25) is 0 Å². The molecule has 0 aliphatic heterocycles. The van der Waals surface area contributed by atoms with Crippen LogP contribution in [0.3, 0.4) is 0 Å². The number of nitrogens with zero attached hydrogens (tertiary/aromatic N) is 1. The molecule has 6 heteroatoms. The SMILES string of the molecule is CCOc1ccc(NC(=O)c2cc(N)cnc2Cl)cc1. The summed E-state index contributed by atoms with van der Waals surface area (Å²) in [5, 5.41) is 2.83. The Morgan fingerprint density at radius 3 is 2.75 bits per heavy atom. The van der Waals surface area contributed by atoms with Crippen LogP contribution in [0.4, 0.5) is 11.4 Å². The van der Waals surface area contributed by atoms with E-state index in [9.17, 15) is 4.79 Å². The Labute approximate surface area is 121 Å². The standard InChI is InChI=1S/C14H14ClN3O2/c1-2-20-11-5-3-10(4-6-11)18-14(19)12-7-9(16)8-17-13(12)15/h3-8H,2,16H2,1H3,(H,18,19). The molecule has 5 nitrogen and oxygen atoms in total. The highest BCUT2D eigenvalue weighted by molar-refractivity contribution is 6.33. The molecule has 0 spiro atoms. The normalized spacial score (nSPS) is 10.1. The molecule has 0 unspecified atom stereocenters. The van der Waals surface area contributed by atoms with Crippen LogP contribution in [-0.2, 0) is 0 Å². The Balaban J connectivity index is 2.13. The number of carbonyl (C=O) groups excluding carboxylic acids is 1. The Hall–Kier alpha value is -2.27. The predicted octanol–water partition coefficient (Wildman–Crippen LogP) is 2.97. The zero-order valence-electron chi connectivity index (χ0n) is 10.9. The summed E-state index contributed by atoms with van der Waals surface area (Å²) in [6, 6.07) is 8.53. The van der Waals surface area contributed by atoms with Crippen LogP contribution in [0.1, 0.15) is 17.3 Å². The van der Waals surface area contributed by atoms with E-state index in [1.54, 1.807) is 24.3 Å². The van der Waals surface area contributed by atoms with Crippen LogP contribution in [0.5, 0.6) is 5.75 Å². The van der Waals surface area contributed by atoms with Crippen molar-refractivity contribution >= 4 is 28.9 Å². The molecular weight excluding hydrogens is 278 g/mol. The van der Waals surface area contributed by atoms with Crippen molar-refractivity contribution in [3.05, 3.63) is 47.2 Å². The van der Waals surface area contributed by atoms with E-state index in [4.69, 9.17) is 22.1 Å². The molecule has 0 fully saturated rings. The van der Waals surface area contributed by atoms with E-state index in [1.807, 2.05) is 6.92 Å². The van der Waals surface area contributed by atoms with Gasteiger partial charge in [-0.1, -0.05) is 11.6 Å². The number of pyridine rings is 1. The topological polar surface area (TPSA) is 77.2 Å². The minimum Gasteiger partial charge on any atom is -0.494 e. The van der Waals surface area contributed by atoms with E-state index in [0.29, 0.717) is 18.0 Å². The van der Waals surface area contributed by atoms with Gasteiger partial charge in [-0.25, -0.2) is 4.98 Å². The number of hydrogen-bond acceptors (Lipinski definition) is 4. The number of rotatable bonds is 4. The van der Waals surface area contributed by atoms with Gasteiger partial charge in [0.15, 0.2) is 0 Å². The molecule has 0 radical (unpaired) electrons. The molecule has 0 aliphatic rings. The van der Waals surface area contributed by atoms with Crippen molar-refractivity contribution in [1.82, 2.24) is 4.98 Å². The molecule has 20 heavy (non-hydrogen) atoms. The average molecular weight is 292 g/mol. The van der Waals surface area contributed by atoms with E-state index < -0.39 is 0 Å². The van der Waals surface area contributed by atoms with E-state index in [1.165, 1.54) is 12.3 Å². The van der Waals surface area contributed by atoms with E-state index in [2.05, 4.69) is 10.3 Å². The summed E-state index contributed by atoms with van der Waals surface area (Å²) in [6.07, 6.45) is 1.40. The summed E-state index contributed by atoms with van der Waals surface area (Å²) in [4.78, 5) is 15.9. The van der Waals surface area contributed by atoms with Crippen molar-refractivity contribution in [2.45, 2.75) is 6.92 Å². The fourth-order valence-electron chi connectivity index (χ4n) is 1.62. The first-order valence-corrected chi connectivity index (χ1v) is 6.43. The van der Waals surface area contributed by atoms with Crippen LogP contribution >= 0.6 is 11.6 Å². The molecule has 0 saturated carbocycles. The fourth-order valence-corrected chi connectivity index (χ4v) is 1.81. The fraction of sp³-hybridized carbons (Fsp3) is 0.143. The molecule has 1 heterocycles. The summed E-state index contributed by atoms with van der Waals surface area (Å²) >= 11 is 5.88. The Kier molecular flexibility index (Phi) is 4.42. The largest absolute Gasteiger partial charge is 0.494 e. The van der Waals surface area contributed by atoms with Gasteiger partial charge in [0.05, 0.1) is 24.1 Å². The summed E-state index contributed by atoms with van der Waals surface area (Å²) in [7, 11) is 0. The highest BCUT2D eigenvalue weighted by Crippen LogP contribution is 2.19. The third-order valence-electron chi connectivity index (χ3n) is 2.53. The van der Waals surface area contributed by atoms with Gasteiger partial charge in [0, 0.05) is 5.69 Å². The lowest BCUT2D eigenvalue weighted by Crippen LogP contribution is -2.13. The first-order valence-electron chi connectivity index (χ1n) is 6.05. The van der Waals surface area contributed by atoms with Gasteiger partial charge in [-0.05, 0) is 37.3 Å². The van der Waals surface area contributed by atoms with Crippen LogP contribution in [0.2, 0.25) is 5.15 Å². The number of anilines is 2. The predicted molar refractivity (Wildman–Crippen MR) is 79.2 cm³/mol. The first-order chi connectivity index (χ1) is 9.60. The number of nitrogen functional groups attached to an aromatic ring is 1. The van der Waals surface area contributed by atoms with Crippen LogP contribution in [0, 0.1) is 0 Å². The summed E-state index contributed by atoms with van der Waals surface area (Å²) in [6.45, 7) is 2.50. The third-order valence-corrected chi connectivity index (χ3v) is 2.83. The van der Waals surface area contributed by atoms with Gasteiger partial charge in [0.25, 0.3) is 5.91 Å². The number of ether oxygens (including phenoxy) is 1. The molecular formula is C14H14ClN3O2. The van der Waals surface area contributed by atoms with Crippen molar-refractivity contribution < 1.29 is 9.53 Å². The number of aromatic nitrogens is 1. The third kappa shape index (κ3) is 3.39. The minimum absolute atomic E-state index is 0.114. The molecule has 0 aliphatic carbocycles. The maximum absolute atomic E-state index is 12.1. The quantitative estimate of drug-likeness (QED) is 0.849. The van der Waals surface area contributed by atoms with Crippen LogP contribution in [0.25, 0.3) is 0 Å². The maximum Gasteiger partial charge on any atom is 0.258 e. The van der Waals surface area contributed by atoms with Crippen LogP contribution in [0.15, 0.2) is 36.5 Å². The lowest BCUT2D eigenvalue weighted by atomic mass is 10.2. The minimum atomic E-state index is -0.362. The molecule has 1 amide bonds. The second kappa shape index (κ2) is 6.25. The van der Waals surface area contributed by atoms with Gasteiger partial charge < -0.3 is 15.8 Å². The van der Waals surface area contributed by atoms with Crippen molar-refractivity contribution in [2.75, 3.05) is 17.7 Å². The Morgan fingerprint density at radius 1 is 1.40 bits per heavy atom. The average Bonchev–Trinajstić information content (AvgIpc) is 2.44. The van der Waals surface area contributed by atoms with E-state index >= 15 is 0 Å². The maximum atomic E-state index is 12.1. The number of amides is 1. The number of hydrogen-bond donors (Lipinski definition) is 2. The molecule has 3 N–H and O–H groups in total. The lowest BCUT2D eigenvalue weighted by Gasteiger charge is -2.08. The number of benzene rings is 1. The van der Waals surface area contributed by atoms with Gasteiger partial charge in [0.1, 0.15) is 10.9 Å². The summed E-state index contributed by atoms with van der Waals surface area (Å²) < 4.78 is 5.32. The smallest absolute Gasteiger partial charge is 0.258 e. The Morgan fingerprint density at radius 2 is 2.10 bits per heavy atom. The zero-order chi connectivity index (χ0) is 14.5. The van der Waals surface area contributed by atoms with Gasteiger partial charge >= 0.3 is 0 Å². The lowest BCUT2D eigenvalue weighted by molar-refractivity contribution is 0.102. The van der Waals surface area contributed by atoms with Gasteiger partial charge in [-0.15, -0.1) is 0 Å². The summed E-state index contributed by atoms with van der Waals surface area (Å²) in [5.74, 6) is 0.383. The van der Waals surface area contributed by atoms with Crippen molar-refractivity contribution in [1.29, 1.82) is 0 Å². The van der Waals surface area contributed by atoms with Crippen LogP contribution in [-0.4, -0.2) is 17.5 Å². The molecule has 0 bridgehead atoms. The molecule has 104 valence electrons. The number of nitrogens with two attached hydrogens (primary N) is 1. The number of carbonyl (C=O) groups is 1. The molecule has 1 aromatic heterocycles. The van der Waals surface area contributed by atoms with Crippen molar-refractivity contribution in [3.63, 3.8) is 0 Å². The molecule has 0 atom stereocenters. The van der Waals surface area contributed by atoms with Crippen molar-refractivity contribution in [3.8, 4) is 5.75 Å². The first kappa shape index (κ1) is 14.1. The molecule has 2 rings (SSSR count). The summed E-state index contributed by atoms with van der Waals surface area (Å²) in [5.41, 5.74) is 6.85. The van der Waals surface area contributed by atoms with Gasteiger partial charge in [-0.2, -0.15) is 0 Å². The number of halogens is 1.